The number of aryl methyl sites for hydroxylation is 2. The van der Waals surface area contributed by atoms with E-state index in [4.69, 9.17) is 9.26 Å². The molecule has 3 rings (SSSR count). The molecule has 1 atom stereocenters. The van der Waals surface area contributed by atoms with Crippen LogP contribution in [0.15, 0.2) is 16.8 Å². The van der Waals surface area contributed by atoms with Gasteiger partial charge in [-0.2, -0.15) is 5.10 Å². The van der Waals surface area contributed by atoms with E-state index < -0.39 is 0 Å². The van der Waals surface area contributed by atoms with E-state index in [1.54, 1.807) is 17.2 Å². The number of nitrogens with one attached hydrogen (secondary N) is 1. The Balaban J connectivity index is 1.87. The van der Waals surface area contributed by atoms with E-state index in [-0.39, 0.29) is 17.7 Å². The first kappa shape index (κ1) is 13.8. The van der Waals surface area contributed by atoms with E-state index >= 15 is 0 Å². The van der Waals surface area contributed by atoms with Crippen LogP contribution in [-0.4, -0.2) is 45.9 Å². The molecule has 1 amide bonds. The Labute approximate surface area is 122 Å². The molecule has 1 saturated heterocycles. The number of aromatic nitrogens is 3. The number of nitrogens with zero attached hydrogens (tertiary/aromatic N) is 3. The van der Waals surface area contributed by atoms with Crippen LogP contribution in [-0.2, 0) is 11.2 Å². The second kappa shape index (κ2) is 5.69. The number of hydrogen-bond acceptors (Lipinski definition) is 5. The zero-order chi connectivity index (χ0) is 14.8. The van der Waals surface area contributed by atoms with Crippen LogP contribution in [0.4, 0.5) is 0 Å². The van der Waals surface area contributed by atoms with Gasteiger partial charge in [-0.25, -0.2) is 0 Å². The minimum absolute atomic E-state index is 0.162. The number of carbonyl (C=O) groups is 1. The van der Waals surface area contributed by atoms with Crippen molar-refractivity contribution in [1.29, 1.82) is 0 Å². The lowest BCUT2D eigenvalue weighted by molar-refractivity contribution is -0.00600. The average molecular weight is 290 g/mol. The van der Waals surface area contributed by atoms with Crippen molar-refractivity contribution in [1.82, 2.24) is 20.3 Å². The van der Waals surface area contributed by atoms with Gasteiger partial charge in [0, 0.05) is 12.6 Å². The van der Waals surface area contributed by atoms with E-state index in [0.717, 1.165) is 23.4 Å². The van der Waals surface area contributed by atoms with Crippen molar-refractivity contribution in [3.63, 3.8) is 0 Å². The first-order valence-electron chi connectivity index (χ1n) is 7.05. The predicted molar refractivity (Wildman–Crippen MR) is 73.8 cm³/mol. The zero-order valence-electron chi connectivity index (χ0n) is 12.1. The molecule has 7 nitrogen and oxygen atoms in total. The van der Waals surface area contributed by atoms with Gasteiger partial charge >= 0.3 is 0 Å². The number of aromatic amines is 1. The third-order valence-corrected chi connectivity index (χ3v) is 3.72. The van der Waals surface area contributed by atoms with Gasteiger partial charge in [0.1, 0.15) is 0 Å². The number of ether oxygens (including phenoxy) is 1. The van der Waals surface area contributed by atoms with E-state index in [0.29, 0.717) is 19.8 Å². The summed E-state index contributed by atoms with van der Waals surface area (Å²) in [7, 11) is 0. The first-order chi connectivity index (χ1) is 10.2. The molecular formula is C14H18N4O3. The fourth-order valence-corrected chi connectivity index (χ4v) is 2.50. The summed E-state index contributed by atoms with van der Waals surface area (Å²) in [6.07, 6.45) is 2.49. The van der Waals surface area contributed by atoms with Crippen molar-refractivity contribution in [2.45, 2.75) is 26.3 Å². The van der Waals surface area contributed by atoms with Crippen molar-refractivity contribution in [3.05, 3.63) is 35.0 Å². The highest BCUT2D eigenvalue weighted by Gasteiger charge is 2.33. The lowest BCUT2D eigenvalue weighted by Gasteiger charge is -2.34. The Hall–Kier alpha value is -2.15. The summed E-state index contributed by atoms with van der Waals surface area (Å²) in [4.78, 5) is 14.4. The summed E-state index contributed by atoms with van der Waals surface area (Å²) in [5.74, 6) is 0.111. The SMILES string of the molecule is CCc1cc(C(=O)N2CCOC[C@@H]2c2[nH]ncc2C)on1. The fourth-order valence-electron chi connectivity index (χ4n) is 2.50. The van der Waals surface area contributed by atoms with Crippen LogP contribution in [0.1, 0.15) is 40.5 Å². The quantitative estimate of drug-likeness (QED) is 0.925. The second-order valence-corrected chi connectivity index (χ2v) is 5.09. The van der Waals surface area contributed by atoms with Gasteiger partial charge in [0.15, 0.2) is 0 Å². The molecule has 2 aromatic rings. The number of hydrogen-bond donors (Lipinski definition) is 1. The average Bonchev–Trinajstić information content (AvgIpc) is 3.15. The zero-order valence-corrected chi connectivity index (χ0v) is 12.1. The van der Waals surface area contributed by atoms with E-state index in [9.17, 15) is 4.79 Å². The molecule has 0 bridgehead atoms. The summed E-state index contributed by atoms with van der Waals surface area (Å²) in [5.41, 5.74) is 2.69. The lowest BCUT2D eigenvalue weighted by Crippen LogP contribution is -2.43. The van der Waals surface area contributed by atoms with Crippen LogP contribution in [0, 0.1) is 6.92 Å². The summed E-state index contributed by atoms with van der Waals surface area (Å²) >= 11 is 0. The van der Waals surface area contributed by atoms with Crippen molar-refractivity contribution >= 4 is 5.91 Å². The highest BCUT2D eigenvalue weighted by molar-refractivity contribution is 5.91. The standard InChI is InChI=1S/C14H18N4O3/c1-3-10-6-12(21-17-10)14(19)18-4-5-20-8-11(18)13-9(2)7-15-16-13/h6-7,11H,3-5,8H2,1-2H3,(H,15,16)/t11-/m1/s1. The van der Waals surface area contributed by atoms with Crippen LogP contribution in [0.3, 0.4) is 0 Å². The van der Waals surface area contributed by atoms with Gasteiger partial charge < -0.3 is 14.2 Å². The number of H-pyrrole nitrogens is 1. The highest BCUT2D eigenvalue weighted by Crippen LogP contribution is 2.26. The van der Waals surface area contributed by atoms with Crippen molar-refractivity contribution in [2.75, 3.05) is 19.8 Å². The molecule has 2 aromatic heterocycles. The molecule has 3 heterocycles. The fraction of sp³-hybridized carbons (Fsp3) is 0.500. The summed E-state index contributed by atoms with van der Waals surface area (Å²) < 4.78 is 10.7. The van der Waals surface area contributed by atoms with Crippen LogP contribution >= 0.6 is 0 Å². The molecule has 1 aliphatic rings. The maximum absolute atomic E-state index is 12.6. The third-order valence-electron chi connectivity index (χ3n) is 3.72. The molecule has 0 unspecified atom stereocenters. The molecule has 0 radical (unpaired) electrons. The van der Waals surface area contributed by atoms with Crippen molar-refractivity contribution in [3.8, 4) is 0 Å². The Bertz CT molecular complexity index is 634. The van der Waals surface area contributed by atoms with Crippen LogP contribution < -0.4 is 0 Å². The molecule has 112 valence electrons. The second-order valence-electron chi connectivity index (χ2n) is 5.09. The van der Waals surface area contributed by atoms with Gasteiger partial charge in [-0.1, -0.05) is 12.1 Å². The monoisotopic (exact) mass is 290 g/mol. The van der Waals surface area contributed by atoms with Crippen LogP contribution in [0.2, 0.25) is 0 Å². The van der Waals surface area contributed by atoms with Gasteiger partial charge in [0.2, 0.25) is 5.76 Å². The lowest BCUT2D eigenvalue weighted by atomic mass is 10.1. The number of carbonyl (C=O) groups excluding carboxylic acids is 1. The molecular weight excluding hydrogens is 272 g/mol. The largest absolute Gasteiger partial charge is 0.377 e. The van der Waals surface area contributed by atoms with Crippen molar-refractivity contribution in [2.24, 2.45) is 0 Å². The van der Waals surface area contributed by atoms with Gasteiger partial charge in [-0.05, 0) is 18.9 Å². The summed E-state index contributed by atoms with van der Waals surface area (Å²) in [5, 5.41) is 10.9. The summed E-state index contributed by atoms with van der Waals surface area (Å²) in [6.45, 7) is 5.41. The van der Waals surface area contributed by atoms with Crippen LogP contribution in [0.5, 0.6) is 0 Å². The molecule has 21 heavy (non-hydrogen) atoms. The van der Waals surface area contributed by atoms with Gasteiger partial charge in [-0.3, -0.25) is 9.89 Å². The highest BCUT2D eigenvalue weighted by atomic mass is 16.5. The smallest absolute Gasteiger partial charge is 0.293 e. The topological polar surface area (TPSA) is 84.2 Å². The van der Waals surface area contributed by atoms with E-state index in [1.165, 1.54) is 0 Å². The number of rotatable bonds is 3. The minimum Gasteiger partial charge on any atom is -0.377 e. The van der Waals surface area contributed by atoms with Gasteiger partial charge in [0.05, 0.1) is 36.8 Å². The number of morpholine rings is 1. The normalized spacial score (nSPS) is 19.0. The molecule has 0 aliphatic carbocycles. The molecule has 1 fully saturated rings. The Morgan fingerprint density at radius 2 is 2.43 bits per heavy atom. The minimum atomic E-state index is -0.177. The molecule has 1 N–H and O–H groups in total. The molecule has 1 aliphatic heterocycles. The maximum atomic E-state index is 12.6. The molecule has 0 aromatic carbocycles. The number of amides is 1. The van der Waals surface area contributed by atoms with E-state index in [1.807, 2.05) is 13.8 Å². The Morgan fingerprint density at radius 3 is 3.10 bits per heavy atom. The van der Waals surface area contributed by atoms with Gasteiger partial charge in [-0.15, -0.1) is 0 Å². The van der Waals surface area contributed by atoms with Crippen molar-refractivity contribution < 1.29 is 14.1 Å². The maximum Gasteiger partial charge on any atom is 0.293 e. The summed E-state index contributed by atoms with van der Waals surface area (Å²) in [6, 6.07) is 1.53. The van der Waals surface area contributed by atoms with Gasteiger partial charge in [0.25, 0.3) is 5.91 Å². The van der Waals surface area contributed by atoms with E-state index in [2.05, 4.69) is 15.4 Å². The van der Waals surface area contributed by atoms with Crippen LogP contribution in [0.25, 0.3) is 0 Å². The Kier molecular flexibility index (Phi) is 3.74. The molecule has 0 saturated carbocycles. The predicted octanol–water partition coefficient (Wildman–Crippen LogP) is 1.48. The first-order valence-corrected chi connectivity index (χ1v) is 7.05. The molecule has 7 heteroatoms. The Morgan fingerprint density at radius 1 is 1.57 bits per heavy atom. The third kappa shape index (κ3) is 2.56. The molecule has 0 spiro atoms.